The van der Waals surface area contributed by atoms with Crippen molar-refractivity contribution in [2.45, 2.75) is 50.2 Å². The fourth-order valence-corrected chi connectivity index (χ4v) is 4.83. The average Bonchev–Trinajstić information content (AvgIpc) is 2.89. The first-order valence-electron chi connectivity index (χ1n) is 12.6. The Hall–Kier alpha value is -2.50. The van der Waals surface area contributed by atoms with Crippen LogP contribution in [0.3, 0.4) is 0 Å². The molecule has 0 aliphatic heterocycles. The van der Waals surface area contributed by atoms with Crippen molar-refractivity contribution in [1.29, 1.82) is 0 Å². The molecule has 0 radical (unpaired) electrons. The molecule has 206 valence electrons. The van der Waals surface area contributed by atoms with Crippen molar-refractivity contribution in [3.8, 4) is 5.75 Å². The summed E-state index contributed by atoms with van der Waals surface area (Å²) in [6, 6.07) is 14.4. The van der Waals surface area contributed by atoms with Crippen LogP contribution in [0.1, 0.15) is 43.5 Å². The highest BCUT2D eigenvalue weighted by Crippen LogP contribution is 2.21. The molecule has 0 spiro atoms. The van der Waals surface area contributed by atoms with E-state index in [1.165, 1.54) is 12.1 Å². The van der Waals surface area contributed by atoms with Gasteiger partial charge in [0.05, 0.1) is 23.2 Å². The third kappa shape index (κ3) is 10.4. The van der Waals surface area contributed by atoms with Gasteiger partial charge in [0.25, 0.3) is 5.91 Å². The van der Waals surface area contributed by atoms with E-state index in [0.29, 0.717) is 37.5 Å². The third-order valence-corrected chi connectivity index (χ3v) is 7.64. The SMILES string of the molecule is COCCCCOc1ccccc1C(=O)NCC(CC(N)C(O)CNS(=O)(=O)c1ccccc1)C(C)C. The van der Waals surface area contributed by atoms with Gasteiger partial charge >= 0.3 is 0 Å². The summed E-state index contributed by atoms with van der Waals surface area (Å²) in [5.74, 6) is 0.424. The molecule has 3 atom stereocenters. The number of para-hydroxylation sites is 1. The molecule has 0 saturated heterocycles. The zero-order valence-corrected chi connectivity index (χ0v) is 22.7. The smallest absolute Gasteiger partial charge is 0.255 e. The molecule has 2 rings (SSSR count). The third-order valence-electron chi connectivity index (χ3n) is 6.20. The summed E-state index contributed by atoms with van der Waals surface area (Å²) < 4.78 is 38.1. The number of amides is 1. The average molecular weight is 536 g/mol. The van der Waals surface area contributed by atoms with Crippen LogP contribution in [0.4, 0.5) is 0 Å². The van der Waals surface area contributed by atoms with Crippen molar-refractivity contribution in [2.24, 2.45) is 17.6 Å². The fraction of sp³-hybridized carbons (Fsp3) is 0.519. The number of aliphatic hydroxyl groups excluding tert-OH is 1. The van der Waals surface area contributed by atoms with Crippen molar-refractivity contribution in [3.05, 3.63) is 60.2 Å². The number of nitrogens with one attached hydrogen (secondary N) is 2. The number of benzene rings is 2. The number of ether oxygens (including phenoxy) is 2. The van der Waals surface area contributed by atoms with Gasteiger partial charge in [-0.05, 0) is 55.4 Å². The Labute approximate surface area is 220 Å². The minimum Gasteiger partial charge on any atom is -0.493 e. The van der Waals surface area contributed by atoms with Crippen LogP contribution in [-0.2, 0) is 14.8 Å². The Morgan fingerprint density at radius 3 is 2.32 bits per heavy atom. The summed E-state index contributed by atoms with van der Waals surface area (Å²) in [4.78, 5) is 13.0. The molecule has 0 saturated carbocycles. The Kier molecular flexibility index (Phi) is 13.0. The highest BCUT2D eigenvalue weighted by atomic mass is 32.2. The van der Waals surface area contributed by atoms with Crippen LogP contribution in [0, 0.1) is 11.8 Å². The molecule has 0 bridgehead atoms. The van der Waals surface area contributed by atoms with Crippen molar-refractivity contribution in [2.75, 3.05) is 33.4 Å². The summed E-state index contributed by atoms with van der Waals surface area (Å²) in [6.45, 7) is 5.34. The molecule has 1 amide bonds. The molecule has 0 fully saturated rings. The van der Waals surface area contributed by atoms with E-state index in [1.54, 1.807) is 43.5 Å². The Balaban J connectivity index is 1.89. The van der Waals surface area contributed by atoms with Gasteiger partial charge in [-0.2, -0.15) is 0 Å². The van der Waals surface area contributed by atoms with Gasteiger partial charge in [0.15, 0.2) is 0 Å². The first kappa shape index (κ1) is 30.7. The number of sulfonamides is 1. The molecular weight excluding hydrogens is 494 g/mol. The van der Waals surface area contributed by atoms with Gasteiger partial charge in [-0.1, -0.05) is 44.2 Å². The highest BCUT2D eigenvalue weighted by Gasteiger charge is 2.25. The molecule has 37 heavy (non-hydrogen) atoms. The van der Waals surface area contributed by atoms with Crippen molar-refractivity contribution < 1.29 is 27.8 Å². The van der Waals surface area contributed by atoms with E-state index in [9.17, 15) is 18.3 Å². The highest BCUT2D eigenvalue weighted by molar-refractivity contribution is 7.89. The van der Waals surface area contributed by atoms with E-state index in [0.717, 1.165) is 12.8 Å². The first-order chi connectivity index (χ1) is 17.7. The molecule has 0 aromatic heterocycles. The van der Waals surface area contributed by atoms with Gasteiger partial charge in [0.2, 0.25) is 10.0 Å². The van der Waals surface area contributed by atoms with E-state index in [-0.39, 0.29) is 29.2 Å². The molecule has 2 aromatic carbocycles. The van der Waals surface area contributed by atoms with Crippen LogP contribution in [-0.4, -0.2) is 65.0 Å². The van der Waals surface area contributed by atoms with Gasteiger partial charge in [-0.25, -0.2) is 13.1 Å². The second-order valence-corrected chi connectivity index (χ2v) is 11.2. The number of nitrogens with two attached hydrogens (primary N) is 1. The summed E-state index contributed by atoms with van der Waals surface area (Å²) in [6.07, 6.45) is 1.02. The first-order valence-corrected chi connectivity index (χ1v) is 14.1. The Bertz CT molecular complexity index is 1050. The van der Waals surface area contributed by atoms with E-state index in [4.69, 9.17) is 15.2 Å². The zero-order chi connectivity index (χ0) is 27.3. The number of hydrogen-bond acceptors (Lipinski definition) is 7. The van der Waals surface area contributed by atoms with Gasteiger partial charge in [0.1, 0.15) is 5.75 Å². The molecule has 2 aromatic rings. The predicted octanol–water partition coefficient (Wildman–Crippen LogP) is 2.55. The lowest BCUT2D eigenvalue weighted by atomic mass is 9.87. The van der Waals surface area contributed by atoms with Crippen LogP contribution >= 0.6 is 0 Å². The van der Waals surface area contributed by atoms with Crippen LogP contribution in [0.15, 0.2) is 59.5 Å². The summed E-state index contributed by atoms with van der Waals surface area (Å²) in [5.41, 5.74) is 6.68. The minimum absolute atomic E-state index is 0.0264. The number of hydrogen-bond donors (Lipinski definition) is 4. The molecule has 5 N–H and O–H groups in total. The quantitative estimate of drug-likeness (QED) is 0.228. The standard InChI is InChI=1S/C27H41N3O6S/c1-20(2)21(17-24(28)25(31)19-30-37(33,34)22-11-5-4-6-12-22)18-29-27(32)23-13-7-8-14-26(23)36-16-10-9-15-35-3/h4-8,11-14,20-21,24-25,30-31H,9-10,15-19,28H2,1-3H3,(H,29,32). The van der Waals surface area contributed by atoms with E-state index in [1.807, 2.05) is 19.9 Å². The van der Waals surface area contributed by atoms with Gasteiger partial charge in [-0.3, -0.25) is 4.79 Å². The lowest BCUT2D eigenvalue weighted by Crippen LogP contribution is -2.46. The van der Waals surface area contributed by atoms with Crippen LogP contribution in [0.5, 0.6) is 5.75 Å². The lowest BCUT2D eigenvalue weighted by Gasteiger charge is -2.27. The number of carbonyl (C=O) groups is 1. The molecule has 0 heterocycles. The van der Waals surface area contributed by atoms with Crippen molar-refractivity contribution in [3.63, 3.8) is 0 Å². The van der Waals surface area contributed by atoms with Crippen molar-refractivity contribution >= 4 is 15.9 Å². The minimum atomic E-state index is -3.74. The van der Waals surface area contributed by atoms with E-state index in [2.05, 4.69) is 10.0 Å². The maximum absolute atomic E-state index is 12.9. The topological polar surface area (TPSA) is 140 Å². The maximum atomic E-state index is 12.9. The lowest BCUT2D eigenvalue weighted by molar-refractivity contribution is 0.0928. The van der Waals surface area contributed by atoms with Gasteiger partial charge in [-0.15, -0.1) is 0 Å². The number of unbranched alkanes of at least 4 members (excludes halogenated alkanes) is 1. The van der Waals surface area contributed by atoms with E-state index < -0.39 is 22.2 Å². The largest absolute Gasteiger partial charge is 0.493 e. The normalized spacial score (nSPS) is 14.2. The molecule has 0 aliphatic rings. The molecule has 9 nitrogen and oxygen atoms in total. The van der Waals surface area contributed by atoms with Crippen molar-refractivity contribution in [1.82, 2.24) is 10.0 Å². The maximum Gasteiger partial charge on any atom is 0.255 e. The molecule has 0 aliphatic carbocycles. The predicted molar refractivity (Wildman–Crippen MR) is 144 cm³/mol. The Morgan fingerprint density at radius 2 is 1.65 bits per heavy atom. The monoisotopic (exact) mass is 535 g/mol. The fourth-order valence-electron chi connectivity index (χ4n) is 3.76. The molecule has 3 unspecified atom stereocenters. The van der Waals surface area contributed by atoms with Crippen LogP contribution in [0.2, 0.25) is 0 Å². The van der Waals surface area contributed by atoms with Crippen LogP contribution in [0.25, 0.3) is 0 Å². The Morgan fingerprint density at radius 1 is 1.00 bits per heavy atom. The number of carbonyl (C=O) groups excluding carboxylic acids is 1. The second kappa shape index (κ2) is 15.7. The zero-order valence-electron chi connectivity index (χ0n) is 21.9. The summed E-state index contributed by atoms with van der Waals surface area (Å²) in [7, 11) is -2.08. The second-order valence-electron chi connectivity index (χ2n) is 9.39. The molecular formula is C27H41N3O6S. The number of methoxy groups -OCH3 is 1. The number of aliphatic hydroxyl groups is 1. The van der Waals surface area contributed by atoms with Crippen LogP contribution < -0.4 is 20.5 Å². The van der Waals surface area contributed by atoms with E-state index >= 15 is 0 Å². The summed E-state index contributed by atoms with van der Waals surface area (Å²) in [5, 5.41) is 13.5. The van der Waals surface area contributed by atoms with Gasteiger partial charge in [0, 0.05) is 32.8 Å². The molecule has 10 heteroatoms. The summed E-state index contributed by atoms with van der Waals surface area (Å²) >= 11 is 0. The van der Waals surface area contributed by atoms with Gasteiger partial charge < -0.3 is 25.6 Å². The number of rotatable bonds is 17.